The van der Waals surface area contributed by atoms with Crippen LogP contribution in [-0.2, 0) is 9.53 Å². The zero-order chi connectivity index (χ0) is 12.0. The SMILES string of the molecule is CCN(CC(=O)OC)C(=O)c1ccncc1. The Morgan fingerprint density at radius 3 is 2.50 bits per heavy atom. The van der Waals surface area contributed by atoms with Crippen LogP contribution in [0.5, 0.6) is 0 Å². The van der Waals surface area contributed by atoms with Crippen LogP contribution in [0.15, 0.2) is 24.5 Å². The fraction of sp³-hybridized carbons (Fsp3) is 0.364. The number of rotatable bonds is 4. The van der Waals surface area contributed by atoms with Crippen LogP contribution in [0.1, 0.15) is 17.3 Å². The van der Waals surface area contributed by atoms with Crippen molar-refractivity contribution < 1.29 is 14.3 Å². The van der Waals surface area contributed by atoms with E-state index in [1.54, 1.807) is 24.5 Å². The van der Waals surface area contributed by atoms with Crippen molar-refractivity contribution in [2.45, 2.75) is 6.92 Å². The average Bonchev–Trinajstić information content (AvgIpc) is 2.35. The number of hydrogen-bond donors (Lipinski definition) is 0. The summed E-state index contributed by atoms with van der Waals surface area (Å²) in [4.78, 5) is 28.3. The monoisotopic (exact) mass is 222 g/mol. The number of likely N-dealkylation sites (N-methyl/N-ethyl adjacent to an activating group) is 1. The number of hydrogen-bond acceptors (Lipinski definition) is 4. The second-order valence-electron chi connectivity index (χ2n) is 3.13. The number of nitrogens with zero attached hydrogens (tertiary/aromatic N) is 2. The van der Waals surface area contributed by atoms with Gasteiger partial charge >= 0.3 is 5.97 Å². The fourth-order valence-corrected chi connectivity index (χ4v) is 1.22. The topological polar surface area (TPSA) is 59.5 Å². The van der Waals surface area contributed by atoms with Crippen molar-refractivity contribution in [1.82, 2.24) is 9.88 Å². The summed E-state index contributed by atoms with van der Waals surface area (Å²) in [5.74, 6) is -0.625. The third-order valence-corrected chi connectivity index (χ3v) is 2.14. The van der Waals surface area contributed by atoms with Gasteiger partial charge in [0.05, 0.1) is 7.11 Å². The molecule has 0 aliphatic rings. The molecular weight excluding hydrogens is 208 g/mol. The minimum absolute atomic E-state index is 0.0336. The van der Waals surface area contributed by atoms with Gasteiger partial charge in [0, 0.05) is 24.5 Å². The Labute approximate surface area is 94.0 Å². The van der Waals surface area contributed by atoms with Crippen LogP contribution in [0, 0.1) is 0 Å². The molecule has 1 aromatic rings. The molecule has 1 amide bonds. The predicted octanol–water partition coefficient (Wildman–Crippen LogP) is 0.717. The molecule has 0 atom stereocenters. The molecule has 0 bridgehead atoms. The smallest absolute Gasteiger partial charge is 0.325 e. The normalized spacial score (nSPS) is 9.62. The van der Waals surface area contributed by atoms with E-state index in [1.165, 1.54) is 12.0 Å². The molecule has 5 heteroatoms. The lowest BCUT2D eigenvalue weighted by Crippen LogP contribution is -2.36. The van der Waals surface area contributed by atoms with Crippen molar-refractivity contribution in [3.63, 3.8) is 0 Å². The highest BCUT2D eigenvalue weighted by Crippen LogP contribution is 2.03. The summed E-state index contributed by atoms with van der Waals surface area (Å²) in [7, 11) is 1.30. The Balaban J connectivity index is 2.74. The Morgan fingerprint density at radius 2 is 2.00 bits per heavy atom. The highest BCUT2D eigenvalue weighted by atomic mass is 16.5. The molecule has 0 aromatic carbocycles. The molecule has 0 radical (unpaired) electrons. The molecule has 16 heavy (non-hydrogen) atoms. The van der Waals surface area contributed by atoms with E-state index in [1.807, 2.05) is 6.92 Å². The summed E-state index contributed by atoms with van der Waals surface area (Å²) >= 11 is 0. The molecule has 86 valence electrons. The zero-order valence-corrected chi connectivity index (χ0v) is 9.34. The van der Waals surface area contributed by atoms with Crippen LogP contribution in [-0.4, -0.2) is 42.0 Å². The molecule has 1 rings (SSSR count). The van der Waals surface area contributed by atoms with Gasteiger partial charge in [-0.25, -0.2) is 0 Å². The molecule has 0 aliphatic heterocycles. The van der Waals surface area contributed by atoms with Gasteiger partial charge in [0.1, 0.15) is 6.54 Å². The molecular formula is C11H14N2O3. The maximum Gasteiger partial charge on any atom is 0.325 e. The van der Waals surface area contributed by atoms with E-state index in [0.717, 1.165) is 0 Å². The number of amides is 1. The number of esters is 1. The average molecular weight is 222 g/mol. The first-order valence-electron chi connectivity index (χ1n) is 4.95. The summed E-state index contributed by atoms with van der Waals surface area (Å²) in [5, 5.41) is 0. The van der Waals surface area contributed by atoms with Crippen LogP contribution in [0.3, 0.4) is 0 Å². The maximum atomic E-state index is 11.9. The molecule has 0 saturated heterocycles. The van der Waals surface area contributed by atoms with Crippen LogP contribution in [0.2, 0.25) is 0 Å². The van der Waals surface area contributed by atoms with Crippen LogP contribution in [0.25, 0.3) is 0 Å². The summed E-state index contributed by atoms with van der Waals surface area (Å²) in [6.07, 6.45) is 3.08. The van der Waals surface area contributed by atoms with Crippen molar-refractivity contribution >= 4 is 11.9 Å². The fourth-order valence-electron chi connectivity index (χ4n) is 1.22. The molecule has 0 aliphatic carbocycles. The number of methoxy groups -OCH3 is 1. The minimum atomic E-state index is -0.427. The third kappa shape index (κ3) is 3.05. The van der Waals surface area contributed by atoms with E-state index in [2.05, 4.69) is 9.72 Å². The van der Waals surface area contributed by atoms with Gasteiger partial charge in [-0.3, -0.25) is 14.6 Å². The summed E-state index contributed by atoms with van der Waals surface area (Å²) in [6.45, 7) is 2.23. The van der Waals surface area contributed by atoms with Gasteiger partial charge < -0.3 is 9.64 Å². The largest absolute Gasteiger partial charge is 0.468 e. The number of pyridine rings is 1. The first-order chi connectivity index (χ1) is 7.69. The number of aromatic nitrogens is 1. The van der Waals surface area contributed by atoms with Gasteiger partial charge in [0.2, 0.25) is 0 Å². The van der Waals surface area contributed by atoms with Crippen LogP contribution in [0.4, 0.5) is 0 Å². The number of carbonyl (C=O) groups is 2. The Hall–Kier alpha value is -1.91. The van der Waals surface area contributed by atoms with Gasteiger partial charge in [0.25, 0.3) is 5.91 Å². The Morgan fingerprint density at radius 1 is 1.38 bits per heavy atom. The van der Waals surface area contributed by atoms with Gasteiger partial charge in [0.15, 0.2) is 0 Å². The number of carbonyl (C=O) groups excluding carboxylic acids is 2. The lowest BCUT2D eigenvalue weighted by molar-refractivity contribution is -0.141. The van der Waals surface area contributed by atoms with E-state index in [9.17, 15) is 9.59 Å². The van der Waals surface area contributed by atoms with Crippen molar-refractivity contribution in [3.05, 3.63) is 30.1 Å². The highest BCUT2D eigenvalue weighted by molar-refractivity contribution is 5.95. The summed E-state index contributed by atoms with van der Waals surface area (Å²) < 4.78 is 4.52. The molecule has 0 N–H and O–H groups in total. The van der Waals surface area contributed by atoms with Crippen molar-refractivity contribution in [3.8, 4) is 0 Å². The molecule has 0 unspecified atom stereocenters. The predicted molar refractivity (Wildman–Crippen MR) is 57.8 cm³/mol. The second kappa shape index (κ2) is 5.85. The van der Waals surface area contributed by atoms with Crippen LogP contribution < -0.4 is 0 Å². The first-order valence-corrected chi connectivity index (χ1v) is 4.95. The molecule has 0 fully saturated rings. The standard InChI is InChI=1S/C11H14N2O3/c1-3-13(8-10(14)16-2)11(15)9-4-6-12-7-5-9/h4-7H,3,8H2,1-2H3. The Kier molecular flexibility index (Phi) is 4.44. The molecule has 1 aromatic heterocycles. The van der Waals surface area contributed by atoms with Gasteiger partial charge in [-0.05, 0) is 19.1 Å². The first kappa shape index (κ1) is 12.2. The summed E-state index contributed by atoms with van der Waals surface area (Å²) in [6, 6.07) is 3.23. The maximum absolute atomic E-state index is 11.9. The van der Waals surface area contributed by atoms with Crippen molar-refractivity contribution in [2.24, 2.45) is 0 Å². The minimum Gasteiger partial charge on any atom is -0.468 e. The van der Waals surface area contributed by atoms with Crippen molar-refractivity contribution in [2.75, 3.05) is 20.2 Å². The van der Waals surface area contributed by atoms with Gasteiger partial charge in [-0.1, -0.05) is 0 Å². The quantitative estimate of drug-likeness (QED) is 0.704. The molecule has 5 nitrogen and oxygen atoms in total. The zero-order valence-electron chi connectivity index (χ0n) is 9.34. The van der Waals surface area contributed by atoms with Crippen molar-refractivity contribution in [1.29, 1.82) is 0 Å². The molecule has 0 saturated carbocycles. The van der Waals surface area contributed by atoms with E-state index in [4.69, 9.17) is 0 Å². The van der Waals surface area contributed by atoms with E-state index in [0.29, 0.717) is 12.1 Å². The highest BCUT2D eigenvalue weighted by Gasteiger charge is 2.17. The van der Waals surface area contributed by atoms with E-state index in [-0.39, 0.29) is 12.5 Å². The van der Waals surface area contributed by atoms with E-state index >= 15 is 0 Å². The van der Waals surface area contributed by atoms with Gasteiger partial charge in [-0.2, -0.15) is 0 Å². The molecule has 0 spiro atoms. The second-order valence-corrected chi connectivity index (χ2v) is 3.13. The number of ether oxygens (including phenoxy) is 1. The van der Waals surface area contributed by atoms with Gasteiger partial charge in [-0.15, -0.1) is 0 Å². The summed E-state index contributed by atoms with van der Waals surface area (Å²) in [5.41, 5.74) is 0.515. The lowest BCUT2D eigenvalue weighted by atomic mass is 10.2. The Bertz CT molecular complexity index is 365. The van der Waals surface area contributed by atoms with Crippen LogP contribution >= 0.6 is 0 Å². The van der Waals surface area contributed by atoms with E-state index < -0.39 is 5.97 Å². The lowest BCUT2D eigenvalue weighted by Gasteiger charge is -2.19. The third-order valence-electron chi connectivity index (χ3n) is 2.14. The molecule has 1 heterocycles.